The molecule has 0 saturated heterocycles. The average Bonchev–Trinajstić information content (AvgIpc) is 3.89. The Hall–Kier alpha value is -7.99. The molecule has 0 aliphatic rings. The van der Waals surface area contributed by atoms with Gasteiger partial charge in [-0.25, -0.2) is 15.0 Å². The lowest BCUT2D eigenvalue weighted by atomic mass is 9.96. The van der Waals surface area contributed by atoms with Crippen LogP contribution in [-0.2, 0) is 0 Å². The van der Waals surface area contributed by atoms with Gasteiger partial charge in [-0.3, -0.25) is 0 Å². The van der Waals surface area contributed by atoms with Crippen LogP contribution in [0.4, 0.5) is 0 Å². The smallest absolute Gasteiger partial charge is 0.164 e. The van der Waals surface area contributed by atoms with Crippen molar-refractivity contribution >= 4 is 85.6 Å². The lowest BCUT2D eigenvalue weighted by molar-refractivity contribution is 1.08. The first kappa shape index (κ1) is 34.8. The topological polar surface area (TPSA) is 43.6 Å². The molecular formula is C57H34N4S. The second kappa shape index (κ2) is 13.8. The van der Waals surface area contributed by atoms with Crippen molar-refractivity contribution in [3.05, 3.63) is 206 Å². The standard InChI is InChI=1S/C57H34N4S/c1-3-14-35(15-4-1)40-26-28-42-43(56-58-55(37-17-5-2-6-18-37)59-57(60-56)45-23-13-25-52-54(45)44-22-11-12-24-51(44)62-52)29-31-48(46(42)32-40)61-49-30-27-36-16-9-10-21-41(36)53(49)47-33-38-19-7-8-20-39(38)34-50(47)61/h1-34H. The molecule has 0 N–H and O–H groups in total. The number of hydrogen-bond donors (Lipinski definition) is 0. The quantitative estimate of drug-likeness (QED) is 0.174. The van der Waals surface area contributed by atoms with Gasteiger partial charge in [-0.05, 0) is 86.6 Å². The van der Waals surface area contributed by atoms with Gasteiger partial charge in [0.1, 0.15) is 0 Å². The third-order valence-electron chi connectivity index (χ3n) is 12.4. The Labute approximate surface area is 360 Å². The number of aromatic nitrogens is 4. The molecule has 0 amide bonds. The van der Waals surface area contributed by atoms with Crippen molar-refractivity contribution in [2.75, 3.05) is 0 Å². The molecule has 13 aromatic rings. The van der Waals surface area contributed by atoms with Crippen LogP contribution in [0.5, 0.6) is 0 Å². The molecule has 288 valence electrons. The predicted molar refractivity (Wildman–Crippen MR) is 261 cm³/mol. The van der Waals surface area contributed by atoms with Crippen LogP contribution in [0.25, 0.3) is 125 Å². The molecule has 0 unspecified atom stereocenters. The zero-order chi connectivity index (χ0) is 40.7. The van der Waals surface area contributed by atoms with Gasteiger partial charge >= 0.3 is 0 Å². The number of rotatable bonds is 5. The van der Waals surface area contributed by atoms with Gasteiger partial charge in [0.05, 0.1) is 16.7 Å². The van der Waals surface area contributed by atoms with E-state index in [1.807, 2.05) is 18.2 Å². The van der Waals surface area contributed by atoms with Crippen LogP contribution in [-0.4, -0.2) is 19.5 Å². The van der Waals surface area contributed by atoms with Crippen molar-refractivity contribution in [2.24, 2.45) is 0 Å². The van der Waals surface area contributed by atoms with Crippen molar-refractivity contribution in [3.8, 4) is 51.0 Å². The van der Waals surface area contributed by atoms with E-state index in [0.717, 1.165) is 49.8 Å². The van der Waals surface area contributed by atoms with Crippen LogP contribution < -0.4 is 0 Å². The zero-order valence-electron chi connectivity index (χ0n) is 33.3. The Morgan fingerprint density at radius 2 is 0.984 bits per heavy atom. The molecule has 13 rings (SSSR count). The van der Waals surface area contributed by atoms with Crippen LogP contribution in [0, 0.1) is 0 Å². The van der Waals surface area contributed by atoms with E-state index in [4.69, 9.17) is 15.0 Å². The molecule has 10 aromatic carbocycles. The van der Waals surface area contributed by atoms with Crippen molar-refractivity contribution < 1.29 is 0 Å². The highest BCUT2D eigenvalue weighted by atomic mass is 32.1. The molecule has 0 fully saturated rings. The van der Waals surface area contributed by atoms with Crippen molar-refractivity contribution in [1.82, 2.24) is 19.5 Å². The van der Waals surface area contributed by atoms with Gasteiger partial charge < -0.3 is 4.57 Å². The Morgan fingerprint density at radius 3 is 1.81 bits per heavy atom. The maximum absolute atomic E-state index is 5.40. The first-order chi connectivity index (χ1) is 30.7. The molecule has 3 aromatic heterocycles. The van der Waals surface area contributed by atoms with E-state index >= 15 is 0 Å². The fourth-order valence-electron chi connectivity index (χ4n) is 9.56. The zero-order valence-corrected chi connectivity index (χ0v) is 34.1. The fraction of sp³-hybridized carbons (Fsp3) is 0. The van der Waals surface area contributed by atoms with Gasteiger partial charge in [0.25, 0.3) is 0 Å². The normalized spacial score (nSPS) is 11.9. The summed E-state index contributed by atoms with van der Waals surface area (Å²) in [5.41, 5.74) is 8.62. The number of hydrogen-bond acceptors (Lipinski definition) is 4. The second-order valence-electron chi connectivity index (χ2n) is 15.9. The monoisotopic (exact) mass is 806 g/mol. The van der Waals surface area contributed by atoms with Crippen molar-refractivity contribution in [3.63, 3.8) is 0 Å². The summed E-state index contributed by atoms with van der Waals surface area (Å²) in [6.45, 7) is 0. The molecular weight excluding hydrogens is 773 g/mol. The highest BCUT2D eigenvalue weighted by Gasteiger charge is 2.22. The largest absolute Gasteiger partial charge is 0.309 e. The van der Waals surface area contributed by atoms with Crippen LogP contribution >= 0.6 is 11.3 Å². The van der Waals surface area contributed by atoms with Gasteiger partial charge in [0.15, 0.2) is 17.5 Å². The summed E-state index contributed by atoms with van der Waals surface area (Å²) in [5.74, 6) is 1.93. The molecule has 4 nitrogen and oxygen atoms in total. The van der Waals surface area contributed by atoms with Crippen LogP contribution in [0.1, 0.15) is 0 Å². The Morgan fingerprint density at radius 1 is 0.323 bits per heavy atom. The van der Waals surface area contributed by atoms with Crippen LogP contribution in [0.15, 0.2) is 206 Å². The molecule has 0 aliphatic heterocycles. The summed E-state index contributed by atoms with van der Waals surface area (Å²) >= 11 is 1.80. The van der Waals surface area contributed by atoms with E-state index < -0.39 is 0 Å². The van der Waals surface area contributed by atoms with E-state index in [1.54, 1.807) is 11.3 Å². The summed E-state index contributed by atoms with van der Waals surface area (Å²) in [4.78, 5) is 15.9. The highest BCUT2D eigenvalue weighted by Crippen LogP contribution is 2.44. The van der Waals surface area contributed by atoms with Crippen LogP contribution in [0.2, 0.25) is 0 Å². The average molecular weight is 807 g/mol. The van der Waals surface area contributed by atoms with E-state index in [-0.39, 0.29) is 0 Å². The predicted octanol–water partition coefficient (Wildman–Crippen LogP) is 15.5. The fourth-order valence-corrected chi connectivity index (χ4v) is 10.7. The molecule has 0 saturated carbocycles. The van der Waals surface area contributed by atoms with Crippen molar-refractivity contribution in [1.29, 1.82) is 0 Å². The summed E-state index contributed by atoms with van der Waals surface area (Å²) in [5, 5.41) is 11.9. The summed E-state index contributed by atoms with van der Waals surface area (Å²) in [6, 6.07) is 74.0. The third-order valence-corrected chi connectivity index (χ3v) is 13.6. The maximum Gasteiger partial charge on any atom is 0.164 e. The molecule has 0 bridgehead atoms. The minimum atomic E-state index is 0.633. The number of thiophene rings is 1. The summed E-state index contributed by atoms with van der Waals surface area (Å²) in [6.07, 6.45) is 0. The molecule has 0 radical (unpaired) electrons. The molecule has 0 atom stereocenters. The van der Waals surface area contributed by atoms with Crippen LogP contribution in [0.3, 0.4) is 0 Å². The van der Waals surface area contributed by atoms with E-state index in [9.17, 15) is 0 Å². The molecule has 0 aliphatic carbocycles. The van der Waals surface area contributed by atoms with E-state index in [2.05, 4.69) is 193 Å². The van der Waals surface area contributed by atoms with Gasteiger partial charge in [0.2, 0.25) is 0 Å². The number of fused-ring (bicyclic) bond motifs is 10. The minimum Gasteiger partial charge on any atom is -0.309 e. The maximum atomic E-state index is 5.40. The highest BCUT2D eigenvalue weighted by molar-refractivity contribution is 7.25. The van der Waals surface area contributed by atoms with Gasteiger partial charge in [-0.1, -0.05) is 158 Å². The molecule has 3 heterocycles. The molecule has 5 heteroatoms. The van der Waals surface area contributed by atoms with E-state index in [0.29, 0.717) is 17.5 Å². The first-order valence-corrected chi connectivity index (χ1v) is 21.7. The lowest BCUT2D eigenvalue weighted by Gasteiger charge is -2.17. The lowest BCUT2D eigenvalue weighted by Crippen LogP contribution is -2.02. The summed E-state index contributed by atoms with van der Waals surface area (Å²) in [7, 11) is 0. The third kappa shape index (κ3) is 5.42. The van der Waals surface area contributed by atoms with Gasteiger partial charge in [0, 0.05) is 53.0 Å². The molecule has 0 spiro atoms. The molecule has 62 heavy (non-hydrogen) atoms. The van der Waals surface area contributed by atoms with Gasteiger partial charge in [-0.2, -0.15) is 0 Å². The second-order valence-corrected chi connectivity index (χ2v) is 17.0. The number of benzene rings is 10. The number of nitrogens with zero attached hydrogens (tertiary/aromatic N) is 4. The Balaban J connectivity index is 1.12. The van der Waals surface area contributed by atoms with Gasteiger partial charge in [-0.15, -0.1) is 11.3 Å². The Kier molecular flexibility index (Phi) is 7.74. The first-order valence-electron chi connectivity index (χ1n) is 20.9. The summed E-state index contributed by atoms with van der Waals surface area (Å²) < 4.78 is 4.93. The SMILES string of the molecule is c1ccc(-c2ccc3c(-c4nc(-c5ccccc5)nc(-c5cccc6sc7ccccc7c56)n4)ccc(-n4c5cc6ccccc6cc5c5c6ccccc6ccc54)c3c2)cc1. The Bertz CT molecular complexity index is 3920. The van der Waals surface area contributed by atoms with E-state index in [1.165, 1.54) is 58.0 Å². The minimum absolute atomic E-state index is 0.633. The van der Waals surface area contributed by atoms with Crippen molar-refractivity contribution in [2.45, 2.75) is 0 Å².